The van der Waals surface area contributed by atoms with Crippen molar-refractivity contribution in [3.8, 4) is 0 Å². The number of quaternary nitrogens is 2. The Kier molecular flexibility index (Phi) is 80.3. The zero-order chi connectivity index (χ0) is 58.3. The minimum atomic E-state index is -6.17. The van der Waals surface area contributed by atoms with Crippen molar-refractivity contribution in [1.82, 2.24) is 0 Å². The van der Waals surface area contributed by atoms with Gasteiger partial charge in [0.15, 0.2) is 0 Å². The molecule has 0 aliphatic rings. The fourth-order valence-corrected chi connectivity index (χ4v) is 11.9. The van der Waals surface area contributed by atoms with Crippen molar-refractivity contribution in [2.24, 2.45) is 0 Å². The summed E-state index contributed by atoms with van der Waals surface area (Å²) in [7, 11) is 0. The van der Waals surface area contributed by atoms with E-state index in [1.165, 1.54) is 425 Å². The number of hydrogen-bond acceptors (Lipinski definition) is 4. The molecule has 480 valence electrons. The van der Waals surface area contributed by atoms with Crippen LogP contribution in [-0.4, -0.2) is 39.3 Å². The molecule has 0 aliphatic heterocycles. The zero-order valence-corrected chi connectivity index (χ0v) is 58.6. The van der Waals surface area contributed by atoms with E-state index < -0.39 is 16.7 Å². The standard InChI is InChI=1S/2C36H75N.4O.W/c2*1-4-7-10-13-16-19-22-25-28-31-34-37(35-32-29-26-23-20-17-14-11-8-5-2)36-33-30-27-24-21-18-15-12-9-6-3;;;;;/h2*4-36H2,1-3H3;;;;;/q;;;;2*-1;/p+2. The van der Waals surface area contributed by atoms with Crippen molar-refractivity contribution in [2.45, 2.75) is 427 Å². The molecule has 0 rings (SSSR count). The maximum atomic E-state index is 8.65. The number of unbranched alkanes of at least 4 members (excludes halogenated alkanes) is 54. The average molecular weight is 1290 g/mol. The molecule has 2 N–H and O–H groups in total. The number of nitrogens with one attached hydrogen (secondary N) is 2. The van der Waals surface area contributed by atoms with Gasteiger partial charge >= 0.3 is 31.1 Å². The summed E-state index contributed by atoms with van der Waals surface area (Å²) in [5.41, 5.74) is 0. The molecular formula is C72H152N2O4W. The summed E-state index contributed by atoms with van der Waals surface area (Å²) in [5.74, 6) is 0. The quantitative estimate of drug-likeness (QED) is 0.0594. The zero-order valence-electron chi connectivity index (χ0n) is 55.7. The van der Waals surface area contributed by atoms with Crippen molar-refractivity contribution < 1.29 is 40.9 Å². The van der Waals surface area contributed by atoms with Gasteiger partial charge in [0.2, 0.25) is 0 Å². The van der Waals surface area contributed by atoms with Gasteiger partial charge in [0.1, 0.15) is 0 Å². The predicted octanol–water partition coefficient (Wildman–Crippen LogP) is 20.6. The molecule has 0 atom stereocenters. The van der Waals surface area contributed by atoms with Crippen molar-refractivity contribution in [3.63, 3.8) is 0 Å². The molecule has 0 saturated heterocycles. The van der Waals surface area contributed by atoms with E-state index in [1.807, 2.05) is 9.80 Å². The average Bonchev–Trinajstić information content (AvgIpc) is 3.43. The molecule has 0 aromatic heterocycles. The molecule has 0 saturated carbocycles. The molecule has 0 aromatic rings. The monoisotopic (exact) mass is 1290 g/mol. The minimum absolute atomic E-state index is 1.37. The summed E-state index contributed by atoms with van der Waals surface area (Å²) < 4.78 is 34.6. The molecule has 0 aromatic carbocycles. The van der Waals surface area contributed by atoms with Crippen LogP contribution in [-0.2, 0) is 23.5 Å². The van der Waals surface area contributed by atoms with Gasteiger partial charge in [0.25, 0.3) is 0 Å². The molecule has 0 amide bonds. The Labute approximate surface area is 504 Å². The van der Waals surface area contributed by atoms with E-state index in [-0.39, 0.29) is 0 Å². The molecule has 0 spiro atoms. The van der Waals surface area contributed by atoms with E-state index in [1.54, 1.807) is 0 Å². The van der Waals surface area contributed by atoms with Crippen LogP contribution in [0.5, 0.6) is 0 Å². The summed E-state index contributed by atoms with van der Waals surface area (Å²) in [6, 6.07) is 0. The maximum absolute atomic E-state index is 8.65. The summed E-state index contributed by atoms with van der Waals surface area (Å²) >= 11 is -6.17. The molecule has 0 fully saturated rings. The molecule has 7 heteroatoms. The second-order valence-corrected chi connectivity index (χ2v) is 28.4. The summed E-state index contributed by atoms with van der Waals surface area (Å²) in [6.07, 6.45) is 87.8. The third-order valence-electron chi connectivity index (χ3n) is 17.3. The van der Waals surface area contributed by atoms with E-state index in [0.717, 1.165) is 0 Å². The molecule has 0 radical (unpaired) electrons. The molecule has 0 aliphatic carbocycles. The van der Waals surface area contributed by atoms with Crippen molar-refractivity contribution >= 4 is 0 Å². The van der Waals surface area contributed by atoms with E-state index in [9.17, 15) is 0 Å². The Balaban J connectivity index is -0.00000134. The van der Waals surface area contributed by atoms with Gasteiger partial charge in [-0.1, -0.05) is 350 Å². The van der Waals surface area contributed by atoms with Crippen LogP contribution in [0, 0.1) is 0 Å². The van der Waals surface area contributed by atoms with Crippen molar-refractivity contribution in [3.05, 3.63) is 0 Å². The van der Waals surface area contributed by atoms with Gasteiger partial charge in [-0.25, -0.2) is 0 Å². The Morgan fingerprint density at radius 3 is 0.342 bits per heavy atom. The van der Waals surface area contributed by atoms with Crippen LogP contribution in [0.25, 0.3) is 0 Å². The van der Waals surface area contributed by atoms with Crippen molar-refractivity contribution in [2.75, 3.05) is 39.3 Å². The second kappa shape index (κ2) is 76.1. The topological polar surface area (TPSA) is 89.1 Å². The molecule has 79 heavy (non-hydrogen) atoms. The molecule has 6 nitrogen and oxygen atoms in total. The van der Waals surface area contributed by atoms with Crippen LogP contribution in [0.2, 0.25) is 0 Å². The summed E-state index contributed by atoms with van der Waals surface area (Å²) in [5, 5.41) is 0. The van der Waals surface area contributed by atoms with Gasteiger partial charge in [-0.2, -0.15) is 0 Å². The van der Waals surface area contributed by atoms with Gasteiger partial charge in [-0.05, 0) is 77.0 Å². The first-order chi connectivity index (χ1) is 38.7. The third kappa shape index (κ3) is 87.0. The summed E-state index contributed by atoms with van der Waals surface area (Å²) in [6.45, 7) is 22.6. The first-order valence-corrected chi connectivity index (χ1v) is 41.8. The van der Waals surface area contributed by atoms with Gasteiger partial charge in [0.05, 0.1) is 39.3 Å². The normalized spacial score (nSPS) is 11.7. The van der Waals surface area contributed by atoms with E-state index in [0.29, 0.717) is 0 Å². The first-order valence-electron chi connectivity index (χ1n) is 37.0. The van der Waals surface area contributed by atoms with Gasteiger partial charge in [-0.15, -0.1) is 0 Å². The van der Waals surface area contributed by atoms with Gasteiger partial charge in [0, 0.05) is 0 Å². The van der Waals surface area contributed by atoms with Crippen LogP contribution in [0.1, 0.15) is 427 Å². The number of rotatable bonds is 66. The van der Waals surface area contributed by atoms with E-state index in [4.69, 9.17) is 14.3 Å². The summed E-state index contributed by atoms with van der Waals surface area (Å²) in [4.78, 5) is 3.89. The van der Waals surface area contributed by atoms with Crippen LogP contribution >= 0.6 is 0 Å². The van der Waals surface area contributed by atoms with Gasteiger partial charge in [-0.3, -0.25) is 0 Å². The van der Waals surface area contributed by atoms with E-state index in [2.05, 4.69) is 41.5 Å². The van der Waals surface area contributed by atoms with Crippen LogP contribution in [0.4, 0.5) is 0 Å². The second-order valence-electron chi connectivity index (χ2n) is 25.5. The fourth-order valence-electron chi connectivity index (χ4n) is 11.9. The van der Waals surface area contributed by atoms with Crippen molar-refractivity contribution in [1.29, 1.82) is 0 Å². The fraction of sp³-hybridized carbons (Fsp3) is 1.00. The van der Waals surface area contributed by atoms with Crippen LogP contribution in [0.3, 0.4) is 0 Å². The first kappa shape index (κ1) is 83.3. The predicted molar refractivity (Wildman–Crippen MR) is 344 cm³/mol. The number of hydrogen-bond donors (Lipinski definition) is 2. The molecule has 0 bridgehead atoms. The van der Waals surface area contributed by atoms with Crippen LogP contribution < -0.4 is 17.3 Å². The molecule has 0 heterocycles. The van der Waals surface area contributed by atoms with Crippen LogP contribution in [0.15, 0.2) is 0 Å². The Bertz CT molecular complexity index is 945. The Morgan fingerprint density at radius 2 is 0.253 bits per heavy atom. The molecule has 0 unspecified atom stereocenters. The van der Waals surface area contributed by atoms with E-state index >= 15 is 0 Å². The Morgan fingerprint density at radius 1 is 0.177 bits per heavy atom. The Hall–Kier alpha value is 0.128. The third-order valence-corrected chi connectivity index (χ3v) is 17.3. The SMILES string of the molecule is CCCCCCCCCCCC[NH+](CCCCCCCCCCCC)CCCCCCCCCCCC.CCCCCCCCCCCC[NH+](CCCCCCCCCCCC)CCCCCCCCCCCC.[O]=[W](=[O])([O-])[O-]. The van der Waals surface area contributed by atoms with Gasteiger partial charge < -0.3 is 9.80 Å². The molecular weight excluding hydrogens is 1140 g/mol.